The van der Waals surface area contributed by atoms with E-state index in [1.165, 1.54) is 0 Å². The van der Waals surface area contributed by atoms with Gasteiger partial charge in [-0.15, -0.1) is 0 Å². The van der Waals surface area contributed by atoms with Crippen molar-refractivity contribution >= 4 is 6.29 Å². The van der Waals surface area contributed by atoms with E-state index in [2.05, 4.69) is 4.89 Å². The SMILES string of the molecule is O=CC1CCCC1COO. The molecular formula is C7H12O3. The predicted octanol–water partition coefficient (Wildman–Crippen LogP) is 1.09. The zero-order valence-corrected chi connectivity index (χ0v) is 5.82. The molecule has 1 aliphatic rings. The van der Waals surface area contributed by atoms with Crippen LogP contribution in [0.4, 0.5) is 0 Å². The molecular weight excluding hydrogens is 132 g/mol. The molecule has 3 heteroatoms. The topological polar surface area (TPSA) is 46.5 Å². The maximum atomic E-state index is 10.4. The Morgan fingerprint density at radius 2 is 2.40 bits per heavy atom. The summed E-state index contributed by atoms with van der Waals surface area (Å²) < 4.78 is 0. The Labute approximate surface area is 59.9 Å². The summed E-state index contributed by atoms with van der Waals surface area (Å²) in [5.41, 5.74) is 0. The molecule has 0 heterocycles. The fraction of sp³-hybridized carbons (Fsp3) is 0.857. The van der Waals surface area contributed by atoms with E-state index in [9.17, 15) is 4.79 Å². The van der Waals surface area contributed by atoms with E-state index in [0.29, 0.717) is 6.61 Å². The first kappa shape index (κ1) is 7.69. The number of rotatable bonds is 3. The Morgan fingerprint density at radius 3 is 3.00 bits per heavy atom. The lowest BCUT2D eigenvalue weighted by molar-refractivity contribution is -0.252. The van der Waals surface area contributed by atoms with Gasteiger partial charge in [0.05, 0.1) is 6.61 Å². The zero-order chi connectivity index (χ0) is 7.40. The summed E-state index contributed by atoms with van der Waals surface area (Å²) in [5.74, 6) is 0.370. The van der Waals surface area contributed by atoms with Crippen LogP contribution in [-0.2, 0) is 9.68 Å². The van der Waals surface area contributed by atoms with E-state index in [1.54, 1.807) is 0 Å². The Morgan fingerprint density at radius 1 is 1.60 bits per heavy atom. The van der Waals surface area contributed by atoms with Gasteiger partial charge in [0.2, 0.25) is 0 Å². The van der Waals surface area contributed by atoms with Crippen molar-refractivity contribution in [3.63, 3.8) is 0 Å². The monoisotopic (exact) mass is 144 g/mol. The van der Waals surface area contributed by atoms with Crippen molar-refractivity contribution in [2.45, 2.75) is 19.3 Å². The highest BCUT2D eigenvalue weighted by Crippen LogP contribution is 2.29. The third-order valence-electron chi connectivity index (χ3n) is 2.18. The van der Waals surface area contributed by atoms with Gasteiger partial charge in [-0.05, 0) is 18.8 Å². The van der Waals surface area contributed by atoms with Gasteiger partial charge in [-0.1, -0.05) is 6.42 Å². The second-order valence-corrected chi connectivity index (χ2v) is 2.79. The van der Waals surface area contributed by atoms with E-state index in [-0.39, 0.29) is 11.8 Å². The quantitative estimate of drug-likeness (QED) is 0.366. The van der Waals surface area contributed by atoms with E-state index < -0.39 is 0 Å². The van der Waals surface area contributed by atoms with Gasteiger partial charge in [0.25, 0.3) is 0 Å². The van der Waals surface area contributed by atoms with Crippen LogP contribution in [0, 0.1) is 11.8 Å². The number of aldehydes is 1. The van der Waals surface area contributed by atoms with Gasteiger partial charge in [0.1, 0.15) is 6.29 Å². The van der Waals surface area contributed by atoms with Crippen LogP contribution in [-0.4, -0.2) is 18.2 Å². The average Bonchev–Trinajstić information content (AvgIpc) is 2.36. The molecule has 0 bridgehead atoms. The molecule has 1 aliphatic carbocycles. The Kier molecular flexibility index (Phi) is 2.83. The molecule has 0 aliphatic heterocycles. The fourth-order valence-electron chi connectivity index (χ4n) is 1.55. The second-order valence-electron chi connectivity index (χ2n) is 2.79. The molecule has 3 nitrogen and oxygen atoms in total. The lowest BCUT2D eigenvalue weighted by Crippen LogP contribution is -2.14. The van der Waals surface area contributed by atoms with Crippen LogP contribution < -0.4 is 0 Å². The molecule has 0 aromatic rings. The average molecular weight is 144 g/mol. The molecule has 0 amide bonds. The van der Waals surface area contributed by atoms with Crippen molar-refractivity contribution < 1.29 is 14.9 Å². The van der Waals surface area contributed by atoms with Crippen molar-refractivity contribution in [1.82, 2.24) is 0 Å². The number of hydrogen-bond donors (Lipinski definition) is 1. The van der Waals surface area contributed by atoms with Crippen LogP contribution in [0.15, 0.2) is 0 Å². The summed E-state index contributed by atoms with van der Waals surface area (Å²) in [6.45, 7) is 0.309. The van der Waals surface area contributed by atoms with Crippen molar-refractivity contribution in [3.05, 3.63) is 0 Å². The fourth-order valence-corrected chi connectivity index (χ4v) is 1.55. The third-order valence-corrected chi connectivity index (χ3v) is 2.18. The third kappa shape index (κ3) is 1.55. The van der Waals surface area contributed by atoms with Gasteiger partial charge in [-0.25, -0.2) is 4.89 Å². The Hall–Kier alpha value is -0.410. The van der Waals surface area contributed by atoms with Crippen LogP contribution in [0.1, 0.15) is 19.3 Å². The molecule has 1 rings (SSSR count). The maximum Gasteiger partial charge on any atom is 0.123 e. The highest BCUT2D eigenvalue weighted by molar-refractivity contribution is 5.54. The van der Waals surface area contributed by atoms with Gasteiger partial charge < -0.3 is 4.79 Å². The lowest BCUT2D eigenvalue weighted by atomic mass is 9.99. The smallest absolute Gasteiger partial charge is 0.123 e. The zero-order valence-electron chi connectivity index (χ0n) is 5.82. The molecule has 10 heavy (non-hydrogen) atoms. The summed E-state index contributed by atoms with van der Waals surface area (Å²) in [7, 11) is 0. The van der Waals surface area contributed by atoms with Crippen molar-refractivity contribution in [1.29, 1.82) is 0 Å². The van der Waals surface area contributed by atoms with Gasteiger partial charge in [-0.3, -0.25) is 5.26 Å². The summed E-state index contributed by atoms with van der Waals surface area (Å²) in [4.78, 5) is 14.4. The van der Waals surface area contributed by atoms with Crippen LogP contribution in [0.5, 0.6) is 0 Å². The Bertz CT molecular complexity index is 113. The first-order valence-corrected chi connectivity index (χ1v) is 3.60. The molecule has 1 fully saturated rings. The summed E-state index contributed by atoms with van der Waals surface area (Å²) in [6.07, 6.45) is 4.01. The minimum atomic E-state index is 0.118. The van der Waals surface area contributed by atoms with E-state index in [1.807, 2.05) is 0 Å². The van der Waals surface area contributed by atoms with Crippen molar-refractivity contribution in [3.8, 4) is 0 Å². The molecule has 0 aromatic carbocycles. The molecule has 2 atom stereocenters. The highest BCUT2D eigenvalue weighted by Gasteiger charge is 2.26. The largest absolute Gasteiger partial charge is 0.303 e. The lowest BCUT2D eigenvalue weighted by Gasteiger charge is -2.10. The standard InChI is InChI=1S/C7H12O3/c8-4-6-2-1-3-7(6)5-10-9/h4,6-7,9H,1-3,5H2. The number of carbonyl (C=O) groups excluding carboxylic acids is 1. The van der Waals surface area contributed by atoms with E-state index in [4.69, 9.17) is 5.26 Å². The maximum absolute atomic E-state index is 10.4. The highest BCUT2D eigenvalue weighted by atomic mass is 17.1. The normalized spacial score (nSPS) is 32.5. The first-order chi connectivity index (χ1) is 4.88. The number of hydrogen-bond acceptors (Lipinski definition) is 3. The van der Waals surface area contributed by atoms with Crippen LogP contribution >= 0.6 is 0 Å². The molecule has 58 valence electrons. The molecule has 1 saturated carbocycles. The van der Waals surface area contributed by atoms with Gasteiger partial charge in [0, 0.05) is 5.92 Å². The second kappa shape index (κ2) is 3.68. The van der Waals surface area contributed by atoms with E-state index >= 15 is 0 Å². The summed E-state index contributed by atoms with van der Waals surface area (Å²) in [5, 5.41) is 8.12. The van der Waals surface area contributed by atoms with Crippen LogP contribution in [0.25, 0.3) is 0 Å². The molecule has 0 saturated heterocycles. The van der Waals surface area contributed by atoms with Crippen molar-refractivity contribution in [2.24, 2.45) is 11.8 Å². The predicted molar refractivity (Wildman–Crippen MR) is 35.5 cm³/mol. The molecule has 1 N–H and O–H groups in total. The van der Waals surface area contributed by atoms with E-state index in [0.717, 1.165) is 25.5 Å². The number of carbonyl (C=O) groups is 1. The molecule has 0 spiro atoms. The van der Waals surface area contributed by atoms with Gasteiger partial charge >= 0.3 is 0 Å². The van der Waals surface area contributed by atoms with Crippen LogP contribution in [0.3, 0.4) is 0 Å². The summed E-state index contributed by atoms with van der Waals surface area (Å²) in [6, 6.07) is 0. The minimum Gasteiger partial charge on any atom is -0.303 e. The van der Waals surface area contributed by atoms with Gasteiger partial charge in [0.15, 0.2) is 0 Å². The van der Waals surface area contributed by atoms with Crippen LogP contribution in [0.2, 0.25) is 0 Å². The molecule has 2 unspecified atom stereocenters. The van der Waals surface area contributed by atoms with Crippen molar-refractivity contribution in [2.75, 3.05) is 6.61 Å². The Balaban J connectivity index is 2.34. The molecule has 0 radical (unpaired) electrons. The molecule has 0 aromatic heterocycles. The summed E-state index contributed by atoms with van der Waals surface area (Å²) >= 11 is 0. The minimum absolute atomic E-state index is 0.118. The first-order valence-electron chi connectivity index (χ1n) is 3.60. The van der Waals surface area contributed by atoms with Gasteiger partial charge in [-0.2, -0.15) is 0 Å².